The molecule has 4 rings (SSSR count). The van der Waals surface area contributed by atoms with Gasteiger partial charge in [-0.2, -0.15) is 0 Å². The Hall–Kier alpha value is -3.45. The molecule has 0 bridgehead atoms. The molecule has 0 aliphatic carbocycles. The number of carbonyl (C=O) groups excluding carboxylic acids is 1. The van der Waals surface area contributed by atoms with Crippen molar-refractivity contribution in [1.29, 1.82) is 0 Å². The first kappa shape index (κ1) is 21.8. The zero-order valence-corrected chi connectivity index (χ0v) is 18.7. The highest BCUT2D eigenvalue weighted by molar-refractivity contribution is 5.95. The summed E-state index contributed by atoms with van der Waals surface area (Å²) in [7, 11) is 2.11. The predicted molar refractivity (Wildman–Crippen MR) is 125 cm³/mol. The normalized spacial score (nSPS) is 16.8. The molecule has 7 heteroatoms. The first-order chi connectivity index (χ1) is 15.5. The van der Waals surface area contributed by atoms with Gasteiger partial charge in [0.1, 0.15) is 5.75 Å². The molecule has 0 saturated carbocycles. The largest absolute Gasteiger partial charge is 0.491 e. The summed E-state index contributed by atoms with van der Waals surface area (Å²) >= 11 is 0. The zero-order chi connectivity index (χ0) is 22.5. The summed E-state index contributed by atoms with van der Waals surface area (Å²) in [6.07, 6.45) is 3.50. The average Bonchev–Trinajstić information content (AvgIpc) is 2.80. The minimum absolute atomic E-state index is 0.0282. The Bertz CT molecular complexity index is 1040. The molecule has 1 aliphatic rings. The van der Waals surface area contributed by atoms with Crippen molar-refractivity contribution in [2.24, 2.45) is 0 Å². The number of hydrogen-bond acceptors (Lipinski definition) is 6. The second-order valence-corrected chi connectivity index (χ2v) is 8.26. The van der Waals surface area contributed by atoms with E-state index in [0.29, 0.717) is 24.6 Å². The van der Waals surface area contributed by atoms with Gasteiger partial charge in [0.15, 0.2) is 0 Å². The van der Waals surface area contributed by atoms with Gasteiger partial charge in [-0.15, -0.1) is 0 Å². The topological polar surface area (TPSA) is 70.6 Å². The highest BCUT2D eigenvalue weighted by Crippen LogP contribution is 2.27. The van der Waals surface area contributed by atoms with Crippen molar-refractivity contribution in [1.82, 2.24) is 19.8 Å². The lowest BCUT2D eigenvalue weighted by Gasteiger charge is -2.39. The van der Waals surface area contributed by atoms with Crippen molar-refractivity contribution in [3.8, 4) is 5.75 Å². The maximum atomic E-state index is 13.3. The van der Waals surface area contributed by atoms with Crippen LogP contribution in [0.25, 0.3) is 0 Å². The smallest absolute Gasteiger partial charge is 0.254 e. The third-order valence-corrected chi connectivity index (χ3v) is 5.50. The van der Waals surface area contributed by atoms with Gasteiger partial charge < -0.3 is 15.0 Å². The van der Waals surface area contributed by atoms with Crippen LogP contribution in [0.15, 0.2) is 67.0 Å². The molecule has 0 radical (unpaired) electrons. The number of anilines is 2. The summed E-state index contributed by atoms with van der Waals surface area (Å²) < 4.78 is 5.76. The van der Waals surface area contributed by atoms with E-state index in [9.17, 15) is 4.79 Å². The number of ether oxygens (including phenoxy) is 1. The lowest BCUT2D eigenvalue weighted by molar-refractivity contribution is 0.0546. The molecular formula is C25H29N5O2. The fraction of sp³-hybridized carbons (Fsp3) is 0.320. The van der Waals surface area contributed by atoms with Crippen molar-refractivity contribution in [3.63, 3.8) is 0 Å². The van der Waals surface area contributed by atoms with Gasteiger partial charge >= 0.3 is 0 Å². The number of likely N-dealkylation sites (N-methyl/N-ethyl adjacent to an activating group) is 1. The minimum Gasteiger partial charge on any atom is -0.491 e. The van der Waals surface area contributed by atoms with E-state index in [0.717, 1.165) is 18.0 Å². The van der Waals surface area contributed by atoms with Crippen LogP contribution in [0.4, 0.5) is 11.6 Å². The molecule has 0 spiro atoms. The monoisotopic (exact) mass is 431 g/mol. The van der Waals surface area contributed by atoms with Gasteiger partial charge in [0.05, 0.1) is 12.1 Å². The molecule has 1 fully saturated rings. The lowest BCUT2D eigenvalue weighted by Crippen LogP contribution is -2.49. The summed E-state index contributed by atoms with van der Waals surface area (Å²) in [6, 6.07) is 17.6. The maximum Gasteiger partial charge on any atom is 0.254 e. The van der Waals surface area contributed by atoms with E-state index in [2.05, 4.69) is 39.4 Å². The quantitative estimate of drug-likeness (QED) is 0.633. The van der Waals surface area contributed by atoms with E-state index < -0.39 is 0 Å². The van der Waals surface area contributed by atoms with Gasteiger partial charge in [-0.25, -0.2) is 9.97 Å². The van der Waals surface area contributed by atoms with Crippen LogP contribution >= 0.6 is 0 Å². The maximum absolute atomic E-state index is 13.3. The minimum atomic E-state index is 0.0282. The Kier molecular flexibility index (Phi) is 6.66. The van der Waals surface area contributed by atoms with Gasteiger partial charge in [-0.1, -0.05) is 18.2 Å². The molecule has 2 aromatic carbocycles. The number of piperazine rings is 1. The number of amides is 1. The second-order valence-electron chi connectivity index (χ2n) is 8.26. The Morgan fingerprint density at radius 1 is 1.06 bits per heavy atom. The highest BCUT2D eigenvalue weighted by atomic mass is 16.5. The number of carbonyl (C=O) groups is 1. The number of benzene rings is 2. The Morgan fingerprint density at radius 3 is 2.53 bits per heavy atom. The van der Waals surface area contributed by atoms with E-state index in [1.54, 1.807) is 18.5 Å². The number of nitrogens with one attached hydrogen (secondary N) is 1. The molecular weight excluding hydrogens is 402 g/mol. The second kappa shape index (κ2) is 9.78. The van der Waals surface area contributed by atoms with Gasteiger partial charge in [0.25, 0.3) is 5.91 Å². The van der Waals surface area contributed by atoms with Gasteiger partial charge in [-0.3, -0.25) is 9.69 Å². The van der Waals surface area contributed by atoms with E-state index in [1.165, 1.54) is 5.56 Å². The van der Waals surface area contributed by atoms with Gasteiger partial charge in [-0.05, 0) is 62.9 Å². The highest BCUT2D eigenvalue weighted by Gasteiger charge is 2.29. The number of nitrogens with zero attached hydrogens (tertiary/aromatic N) is 4. The summed E-state index contributed by atoms with van der Waals surface area (Å²) in [5.74, 6) is 1.39. The molecule has 1 atom stereocenters. The van der Waals surface area contributed by atoms with Crippen LogP contribution in [0.2, 0.25) is 0 Å². The third kappa shape index (κ3) is 5.23. The summed E-state index contributed by atoms with van der Waals surface area (Å²) in [5, 5.41) is 3.15. The van der Waals surface area contributed by atoms with Crippen molar-refractivity contribution >= 4 is 17.5 Å². The molecule has 1 aliphatic heterocycles. The molecule has 166 valence electrons. The number of rotatable bonds is 6. The number of hydrogen-bond donors (Lipinski definition) is 1. The molecule has 1 aromatic heterocycles. The van der Waals surface area contributed by atoms with E-state index in [4.69, 9.17) is 4.74 Å². The first-order valence-corrected chi connectivity index (χ1v) is 10.9. The molecule has 1 saturated heterocycles. The predicted octanol–water partition coefficient (Wildman–Crippen LogP) is 4.14. The third-order valence-electron chi connectivity index (χ3n) is 5.50. The van der Waals surface area contributed by atoms with Crippen molar-refractivity contribution in [2.45, 2.75) is 26.0 Å². The fourth-order valence-electron chi connectivity index (χ4n) is 3.86. The van der Waals surface area contributed by atoms with Crippen molar-refractivity contribution in [2.75, 3.05) is 32.0 Å². The average molecular weight is 432 g/mol. The first-order valence-electron chi connectivity index (χ1n) is 10.9. The van der Waals surface area contributed by atoms with Crippen LogP contribution in [0, 0.1) is 0 Å². The zero-order valence-electron chi connectivity index (χ0n) is 18.7. The van der Waals surface area contributed by atoms with E-state index in [1.807, 2.05) is 55.1 Å². The van der Waals surface area contributed by atoms with Crippen LogP contribution in [0.3, 0.4) is 0 Å². The van der Waals surface area contributed by atoms with Crippen molar-refractivity contribution in [3.05, 3.63) is 78.1 Å². The molecule has 3 aromatic rings. The fourth-order valence-corrected chi connectivity index (χ4v) is 3.86. The Balaban J connectivity index is 1.47. The van der Waals surface area contributed by atoms with E-state index >= 15 is 0 Å². The summed E-state index contributed by atoms with van der Waals surface area (Å²) in [6.45, 7) is 6.18. The Morgan fingerprint density at radius 2 is 1.81 bits per heavy atom. The van der Waals surface area contributed by atoms with Crippen LogP contribution in [-0.4, -0.2) is 58.5 Å². The van der Waals surface area contributed by atoms with Gasteiger partial charge in [0.2, 0.25) is 5.95 Å². The van der Waals surface area contributed by atoms with Crippen molar-refractivity contribution < 1.29 is 9.53 Å². The molecule has 2 heterocycles. The number of aromatic nitrogens is 2. The Labute approximate surface area is 189 Å². The molecule has 1 amide bonds. The molecule has 7 nitrogen and oxygen atoms in total. The van der Waals surface area contributed by atoms with Crippen LogP contribution in [0.5, 0.6) is 5.75 Å². The van der Waals surface area contributed by atoms with Crippen LogP contribution in [-0.2, 0) is 0 Å². The molecule has 1 N–H and O–H groups in total. The summed E-state index contributed by atoms with van der Waals surface area (Å²) in [4.78, 5) is 25.9. The summed E-state index contributed by atoms with van der Waals surface area (Å²) in [5.41, 5.74) is 2.61. The molecule has 1 unspecified atom stereocenters. The van der Waals surface area contributed by atoms with Crippen LogP contribution in [0.1, 0.15) is 35.8 Å². The SMILES string of the molecule is CC(C)Oc1ccc(C2CN(C(=O)c3cccc(Nc4ncccn4)c3)CCN2C)cc1. The molecule has 32 heavy (non-hydrogen) atoms. The van der Waals surface area contributed by atoms with Gasteiger partial charge in [0, 0.05) is 43.3 Å². The standard InChI is InChI=1S/C25H29N5O2/c1-18(2)32-22-10-8-19(9-11-22)23-17-30(15-14-29(23)3)24(31)20-6-4-7-21(16-20)28-25-26-12-5-13-27-25/h4-13,16,18,23H,14-15,17H2,1-3H3,(H,26,27,28). The van der Waals surface area contributed by atoms with Crippen LogP contribution < -0.4 is 10.1 Å². The van der Waals surface area contributed by atoms with E-state index in [-0.39, 0.29) is 18.1 Å². The lowest BCUT2D eigenvalue weighted by atomic mass is 10.0.